The number of benzene rings is 1. The van der Waals surface area contributed by atoms with E-state index < -0.39 is 10.0 Å². The van der Waals surface area contributed by atoms with Gasteiger partial charge in [0.2, 0.25) is 15.9 Å². The van der Waals surface area contributed by atoms with Crippen molar-refractivity contribution in [3.8, 4) is 0 Å². The summed E-state index contributed by atoms with van der Waals surface area (Å²) >= 11 is 0. The van der Waals surface area contributed by atoms with Crippen LogP contribution in [0.1, 0.15) is 31.2 Å². The first-order valence-corrected chi connectivity index (χ1v) is 7.43. The highest BCUT2D eigenvalue weighted by Crippen LogP contribution is 2.34. The summed E-state index contributed by atoms with van der Waals surface area (Å²) in [7, 11) is -3.45. The van der Waals surface area contributed by atoms with Crippen LogP contribution in [0.15, 0.2) is 23.1 Å². The number of anilines is 1. The van der Waals surface area contributed by atoms with E-state index in [1.54, 1.807) is 19.1 Å². The van der Waals surface area contributed by atoms with Gasteiger partial charge in [-0.05, 0) is 43.5 Å². The van der Waals surface area contributed by atoms with Crippen molar-refractivity contribution in [2.75, 3.05) is 5.32 Å². The molecule has 1 aromatic rings. The molecule has 0 radical (unpaired) electrons. The smallest absolute Gasteiger partial charge is 0.240 e. The van der Waals surface area contributed by atoms with Crippen LogP contribution in [0.4, 0.5) is 5.69 Å². The number of sulfonamides is 1. The fraction of sp³-hybridized carbons (Fsp3) is 0.417. The Hall–Kier alpha value is -1.40. The van der Waals surface area contributed by atoms with Crippen LogP contribution in [0.25, 0.3) is 0 Å². The summed E-state index contributed by atoms with van der Waals surface area (Å²) in [5.74, 6) is -0.384. The molecule has 5 nitrogen and oxygen atoms in total. The molecule has 2 N–H and O–H groups in total. The highest BCUT2D eigenvalue weighted by molar-refractivity contribution is 7.89. The van der Waals surface area contributed by atoms with Gasteiger partial charge in [0.05, 0.1) is 10.8 Å². The lowest BCUT2D eigenvalue weighted by Gasteiger charge is -2.08. The molecule has 3 rings (SSSR count). The second-order valence-electron chi connectivity index (χ2n) is 4.86. The number of carbonyl (C=O) groups is 1. The van der Waals surface area contributed by atoms with E-state index in [0.717, 1.165) is 18.4 Å². The van der Waals surface area contributed by atoms with E-state index in [1.165, 1.54) is 6.07 Å². The van der Waals surface area contributed by atoms with Crippen molar-refractivity contribution < 1.29 is 13.2 Å². The fourth-order valence-corrected chi connectivity index (χ4v) is 3.39. The molecule has 1 aliphatic carbocycles. The third-order valence-electron chi connectivity index (χ3n) is 3.35. The van der Waals surface area contributed by atoms with E-state index in [9.17, 15) is 13.2 Å². The van der Waals surface area contributed by atoms with Crippen molar-refractivity contribution in [1.29, 1.82) is 0 Å². The quantitative estimate of drug-likeness (QED) is 0.862. The molecule has 1 saturated carbocycles. The Bertz CT molecular complexity index is 620. The molecule has 1 aromatic carbocycles. The van der Waals surface area contributed by atoms with Gasteiger partial charge in [0, 0.05) is 11.7 Å². The predicted octanol–water partition coefficient (Wildman–Crippen LogP) is 1.18. The Balaban J connectivity index is 1.97. The summed E-state index contributed by atoms with van der Waals surface area (Å²) in [5.41, 5.74) is 1.46. The van der Waals surface area contributed by atoms with Gasteiger partial charge in [-0.2, -0.15) is 0 Å². The molecule has 2 aliphatic rings. The number of rotatable bonds is 3. The van der Waals surface area contributed by atoms with Gasteiger partial charge >= 0.3 is 0 Å². The lowest BCUT2D eigenvalue weighted by molar-refractivity contribution is -0.116. The van der Waals surface area contributed by atoms with Gasteiger partial charge in [-0.1, -0.05) is 0 Å². The minimum atomic E-state index is -3.45. The molecule has 18 heavy (non-hydrogen) atoms. The Labute approximate surface area is 106 Å². The van der Waals surface area contributed by atoms with Crippen molar-refractivity contribution in [2.45, 2.75) is 36.6 Å². The first-order valence-electron chi connectivity index (χ1n) is 5.94. The Morgan fingerprint density at radius 1 is 1.33 bits per heavy atom. The summed E-state index contributed by atoms with van der Waals surface area (Å²) in [6.45, 7) is 1.77. The molecule has 0 bridgehead atoms. The van der Waals surface area contributed by atoms with E-state index >= 15 is 0 Å². The van der Waals surface area contributed by atoms with Crippen LogP contribution in [0.5, 0.6) is 0 Å². The topological polar surface area (TPSA) is 75.3 Å². The maximum Gasteiger partial charge on any atom is 0.240 e. The Kier molecular flexibility index (Phi) is 2.46. The summed E-state index contributed by atoms with van der Waals surface area (Å²) in [6.07, 6.45) is 1.81. The molecule has 1 aliphatic heterocycles. The molecule has 1 heterocycles. The van der Waals surface area contributed by atoms with E-state index in [0.29, 0.717) is 5.69 Å². The number of amides is 1. The van der Waals surface area contributed by atoms with E-state index in [1.807, 2.05) is 0 Å². The van der Waals surface area contributed by atoms with Crippen molar-refractivity contribution in [3.05, 3.63) is 23.8 Å². The lowest BCUT2D eigenvalue weighted by atomic mass is 10.0. The molecule has 0 spiro atoms. The fourth-order valence-electron chi connectivity index (χ4n) is 2.05. The van der Waals surface area contributed by atoms with Crippen molar-refractivity contribution in [3.63, 3.8) is 0 Å². The molecular formula is C12H14N2O3S. The third-order valence-corrected chi connectivity index (χ3v) is 4.87. The Morgan fingerprint density at radius 2 is 2.06 bits per heavy atom. The normalized spacial score (nSPS) is 22.7. The summed E-state index contributed by atoms with van der Waals surface area (Å²) in [4.78, 5) is 11.7. The highest BCUT2D eigenvalue weighted by Gasteiger charge is 2.31. The number of hydrogen-bond donors (Lipinski definition) is 2. The average Bonchev–Trinajstić information content (AvgIpc) is 3.06. The van der Waals surface area contributed by atoms with Crippen LogP contribution in [0, 0.1) is 0 Å². The minimum absolute atomic E-state index is 0.0837. The van der Waals surface area contributed by atoms with Crippen LogP contribution in [-0.2, 0) is 14.8 Å². The molecular weight excluding hydrogens is 252 g/mol. The molecule has 1 fully saturated rings. The van der Waals surface area contributed by atoms with Crippen molar-refractivity contribution >= 4 is 21.6 Å². The lowest BCUT2D eigenvalue weighted by Crippen LogP contribution is -2.25. The van der Waals surface area contributed by atoms with Crippen molar-refractivity contribution in [2.24, 2.45) is 0 Å². The van der Waals surface area contributed by atoms with Gasteiger partial charge < -0.3 is 5.32 Å². The third kappa shape index (κ3) is 1.91. The molecule has 96 valence electrons. The van der Waals surface area contributed by atoms with Gasteiger partial charge in [0.1, 0.15) is 0 Å². The zero-order chi connectivity index (χ0) is 12.9. The number of carbonyl (C=O) groups excluding carboxylic acids is 1. The zero-order valence-corrected chi connectivity index (χ0v) is 10.8. The predicted molar refractivity (Wildman–Crippen MR) is 66.8 cm³/mol. The first-order chi connectivity index (χ1) is 8.47. The number of hydrogen-bond acceptors (Lipinski definition) is 3. The molecule has 6 heteroatoms. The first kappa shape index (κ1) is 11.7. The molecule has 1 atom stereocenters. The van der Waals surface area contributed by atoms with E-state index in [2.05, 4.69) is 10.0 Å². The van der Waals surface area contributed by atoms with Crippen molar-refractivity contribution in [1.82, 2.24) is 4.72 Å². The Morgan fingerprint density at radius 3 is 2.72 bits per heavy atom. The maximum atomic E-state index is 12.1. The molecule has 0 saturated heterocycles. The van der Waals surface area contributed by atoms with Crippen LogP contribution in [0.3, 0.4) is 0 Å². The van der Waals surface area contributed by atoms with Gasteiger partial charge in [0.15, 0.2) is 0 Å². The van der Waals surface area contributed by atoms with Crippen LogP contribution in [-0.4, -0.2) is 20.4 Å². The van der Waals surface area contributed by atoms with Gasteiger partial charge in [-0.15, -0.1) is 0 Å². The SMILES string of the molecule is CC1C(=O)Nc2ccc(S(=O)(=O)NC3CC3)cc21. The molecule has 0 aromatic heterocycles. The summed E-state index contributed by atoms with van der Waals surface area (Å²) in [5, 5.41) is 2.72. The number of fused-ring (bicyclic) bond motifs is 1. The van der Waals surface area contributed by atoms with Crippen LogP contribution < -0.4 is 10.0 Å². The second kappa shape index (κ2) is 3.80. The van der Waals surface area contributed by atoms with Crippen LogP contribution >= 0.6 is 0 Å². The van der Waals surface area contributed by atoms with E-state index in [4.69, 9.17) is 0 Å². The highest BCUT2D eigenvalue weighted by atomic mass is 32.2. The summed E-state index contributed by atoms with van der Waals surface area (Å²) in [6, 6.07) is 4.85. The minimum Gasteiger partial charge on any atom is -0.325 e. The summed E-state index contributed by atoms with van der Waals surface area (Å²) < 4.78 is 26.7. The zero-order valence-electron chi connectivity index (χ0n) is 9.93. The van der Waals surface area contributed by atoms with Crippen LogP contribution in [0.2, 0.25) is 0 Å². The molecule has 1 unspecified atom stereocenters. The monoisotopic (exact) mass is 266 g/mol. The second-order valence-corrected chi connectivity index (χ2v) is 6.57. The molecule has 1 amide bonds. The van der Waals surface area contributed by atoms with Gasteiger partial charge in [-0.3, -0.25) is 4.79 Å². The average molecular weight is 266 g/mol. The van der Waals surface area contributed by atoms with E-state index in [-0.39, 0.29) is 22.8 Å². The van der Waals surface area contributed by atoms with Gasteiger partial charge in [0.25, 0.3) is 0 Å². The largest absolute Gasteiger partial charge is 0.325 e. The maximum absolute atomic E-state index is 12.1. The van der Waals surface area contributed by atoms with Gasteiger partial charge in [-0.25, -0.2) is 13.1 Å². The standard InChI is InChI=1S/C12H14N2O3S/c1-7-10-6-9(4-5-11(10)13-12(7)15)18(16,17)14-8-2-3-8/h4-8,14H,2-3H2,1H3,(H,13,15). The number of nitrogens with one attached hydrogen (secondary N) is 2.